The van der Waals surface area contributed by atoms with Gasteiger partial charge in [-0.1, -0.05) is 156 Å². The molecule has 4 heterocycles. The Bertz CT molecular complexity index is 5530. The number of nitrogens with zero attached hydrogens (tertiary/aromatic N) is 7. The van der Waals surface area contributed by atoms with Crippen LogP contribution in [-0.2, 0) is 112 Å². The molecule has 0 spiro atoms. The van der Waals surface area contributed by atoms with Gasteiger partial charge in [-0.2, -0.15) is 61.3 Å². The molecule has 0 radical (unpaired) electrons. The zero-order valence-corrected chi connectivity index (χ0v) is 90.4. The SMILES string of the molecule is CC(C)(C)OC(=O)N1CCC(O)CC1.CCCCN(CCCC)c1ccc(C(=O)O)cc1.COCOCC[N+]([O-])(CCOCOC)CCOCOC.CS(=O)(=O)[N-]S(=O)(=O)C(F)(F)C(F)(F)C(F)(F)S(=O)(=O)N1CCNCC1.O=S(=O)([O-])C(F)(F)C(F)(F)C(F)(F)S(=O)(=O)N1CCC2CCCCC2C1.c1ccc([S+](c2ccccc2)c2cccc(CN3CCCCC3)c2)cc1.c1ccc([S+](c2ccccc2)c2ccccc2)cc1. The Morgan fingerprint density at radius 1 is 0.483 bits per heavy atom. The second-order valence-corrected chi connectivity index (χ2v) is 49.1. The zero-order chi connectivity index (χ0) is 111. The van der Waals surface area contributed by atoms with Gasteiger partial charge in [0.2, 0.25) is 0 Å². The molecular weight excluding hydrogens is 2120 g/mol. The van der Waals surface area contributed by atoms with Gasteiger partial charge in [-0.3, -0.25) is 4.90 Å². The van der Waals surface area contributed by atoms with Gasteiger partial charge in [-0.05, 0) is 200 Å². The van der Waals surface area contributed by atoms with Crippen molar-refractivity contribution in [1.82, 2.24) is 23.7 Å². The minimum absolute atomic E-state index is 0.0130. The Hall–Kier alpha value is -7.91. The second-order valence-electron chi connectivity index (χ2n) is 36.1. The first-order valence-corrected chi connectivity index (χ1v) is 58.2. The lowest BCUT2D eigenvalue weighted by atomic mass is 9.76. The number of methoxy groups -OCH3 is 3. The molecule has 149 heavy (non-hydrogen) atoms. The highest BCUT2D eigenvalue weighted by molar-refractivity contribution is 8.12. The summed E-state index contributed by atoms with van der Waals surface area (Å²) in [5, 5.41) is 6.49. The van der Waals surface area contributed by atoms with E-state index >= 15 is 0 Å². The van der Waals surface area contributed by atoms with Crippen LogP contribution in [0.2, 0.25) is 0 Å². The van der Waals surface area contributed by atoms with E-state index in [0.717, 1.165) is 38.2 Å². The number of nitrogens with one attached hydrogen (secondary N) is 1. The number of likely N-dealkylation sites (tertiary alicyclic amines) is 2. The summed E-state index contributed by atoms with van der Waals surface area (Å²) in [6.45, 7) is 16.1. The van der Waals surface area contributed by atoms with Crippen LogP contribution in [0, 0.1) is 17.0 Å². The van der Waals surface area contributed by atoms with Gasteiger partial charge in [-0.15, -0.1) is 0 Å². The third-order valence-electron chi connectivity index (χ3n) is 23.6. The third-order valence-corrected chi connectivity index (χ3v) is 35.5. The number of carboxylic acids is 1. The zero-order valence-electron chi connectivity index (χ0n) is 84.7. The Labute approximate surface area is 873 Å². The largest absolute Gasteiger partial charge is 0.743 e. The summed E-state index contributed by atoms with van der Waals surface area (Å²) in [5.41, 5.74) is 2.48. The molecule has 4 aliphatic heterocycles. The number of anilines is 1. The van der Waals surface area contributed by atoms with Crippen LogP contribution in [0.15, 0.2) is 230 Å². The maximum Gasteiger partial charge on any atom is 0.428 e. The average molecular weight is 2260 g/mol. The number of piperidine rings is 3. The first kappa shape index (κ1) is 130. The van der Waals surface area contributed by atoms with E-state index in [1.807, 2.05) is 32.9 Å². The number of aromatic carboxylic acids is 1. The third kappa shape index (κ3) is 38.9. The van der Waals surface area contributed by atoms with E-state index in [0.29, 0.717) is 83.8 Å². The minimum atomic E-state index is -7.25. The summed E-state index contributed by atoms with van der Waals surface area (Å²) in [7, 11) is -27.8. The number of hydrogen-bond donors (Lipinski definition) is 3. The number of carbonyl (C=O) groups excluding carboxylic acids is 1. The highest BCUT2D eigenvalue weighted by Crippen LogP contribution is 2.55. The molecule has 2 atom stereocenters. The quantitative estimate of drug-likeness (QED) is 0.00608. The summed E-state index contributed by atoms with van der Waals surface area (Å²) in [6, 6.07) is 70.4. The van der Waals surface area contributed by atoms with Crippen molar-refractivity contribution in [3.05, 3.63) is 221 Å². The standard InChI is InChI=1S/C24H26NS.C18H15S.C15H23NO2.C12H17F6NO5S2.C12H27NO7.C10H19NO3.C8H12F6N3O6S3/c1-4-12-22(13-5-1)26(23-14-6-2-7-15-23)24-16-10-11-21(19-24)20-25-17-8-3-9-18-25;1-4-10-16(11-5-1)19(17-12-6-2-7-13-17)18-14-8-3-9-15-18;1-3-5-11-16(12-6-4-2)14-9-7-13(8-10-14)15(17)18;13-10(14,12(17,18)26(22,23)24)11(15,16)25(20,21)19-6-5-8-3-1-2-4-9(8)7-19;1-15-10-18-7-4-13(14,5-8-19-11-16-2)6-9-20-12-17-3;1-10(2,3)14-9(13)11-6-4-8(12)5-7-11;1-24(18,19)16-25(20,21)7(11,12)6(9,10)8(13,14)26(22,23)17-4-2-15-3-5-17/h1-2,4-7,10-16,19H,3,8-9,17-18,20H2;1-15H;7-10H,3-6,11-12H2,1-2H3,(H,17,18);8-9H,1-7H2,(H,22,23,24);4-12H2,1-3H3;8,12H,4-7H2,1-3H3;15H,2-5H2,1H3/q2*+1;;;;;-1/p-1. The normalized spacial score (nSPS) is 16.9. The minimum Gasteiger partial charge on any atom is -0.743 e. The van der Waals surface area contributed by atoms with Crippen LogP contribution < -0.4 is 10.2 Å². The number of ether oxygens (including phenoxy) is 7. The Balaban J connectivity index is 0.000000268. The van der Waals surface area contributed by atoms with Crippen LogP contribution in [-0.4, -0.2) is 302 Å². The van der Waals surface area contributed by atoms with Crippen molar-refractivity contribution in [2.24, 2.45) is 11.8 Å². The van der Waals surface area contributed by atoms with Crippen LogP contribution in [0.4, 0.5) is 63.2 Å². The Morgan fingerprint density at radius 3 is 1.26 bits per heavy atom. The molecule has 5 fully saturated rings. The lowest BCUT2D eigenvalue weighted by Crippen LogP contribution is -2.64. The number of aliphatic hydroxyl groups is 1. The Morgan fingerprint density at radius 2 is 0.872 bits per heavy atom. The molecule has 1 aliphatic carbocycles. The average Bonchev–Trinajstić information content (AvgIpc) is 0.712. The number of alkyl halides is 12. The number of aliphatic hydroxyl groups excluding tert-OH is 1. The van der Waals surface area contributed by atoms with Gasteiger partial charge >= 0.3 is 44.9 Å². The molecule has 4 saturated heterocycles. The number of benzene rings is 7. The highest BCUT2D eigenvalue weighted by atomic mass is 32.3. The fourth-order valence-electron chi connectivity index (χ4n) is 15.7. The van der Waals surface area contributed by atoms with Crippen molar-refractivity contribution in [3.63, 3.8) is 0 Å². The van der Waals surface area contributed by atoms with E-state index < -0.39 is 125 Å². The summed E-state index contributed by atoms with van der Waals surface area (Å²) < 4.78 is 322. The molecule has 1 amide bonds. The molecule has 2 unspecified atom stereocenters. The lowest BCUT2D eigenvalue weighted by molar-refractivity contribution is -0.882. The van der Waals surface area contributed by atoms with Crippen LogP contribution >= 0.6 is 0 Å². The molecular formula is C99H138F12N8O23S7. The number of piperazine rings is 1. The van der Waals surface area contributed by atoms with E-state index in [1.165, 1.54) is 118 Å². The predicted molar refractivity (Wildman–Crippen MR) is 543 cm³/mol. The summed E-state index contributed by atoms with van der Waals surface area (Å²) in [4.78, 5) is 37.2. The predicted octanol–water partition coefficient (Wildman–Crippen LogP) is 17.8. The molecule has 5 aliphatic rings. The van der Waals surface area contributed by atoms with E-state index in [9.17, 15) is 119 Å². The van der Waals surface area contributed by atoms with Gasteiger partial charge in [-0.25, -0.2) is 51.7 Å². The highest BCUT2D eigenvalue weighted by Gasteiger charge is 2.82. The molecule has 12 rings (SSSR count). The number of hydroxylamine groups is 3. The van der Waals surface area contributed by atoms with Crippen molar-refractivity contribution < 1.29 is 157 Å². The number of quaternary nitrogens is 1. The fraction of sp³-hybridized carbons (Fsp3) is 0.556. The number of carboxylic acid groups (broad SMARTS) is 1. The summed E-state index contributed by atoms with van der Waals surface area (Å²) in [6.07, 6.45) is 12.3. The summed E-state index contributed by atoms with van der Waals surface area (Å²) in [5.74, 6) is -15.2. The molecule has 1 saturated carbocycles. The fourth-order valence-corrected chi connectivity index (χ4v) is 25.7. The lowest BCUT2D eigenvalue weighted by Gasteiger charge is -2.42. The number of fused-ring (bicyclic) bond motifs is 1. The van der Waals surface area contributed by atoms with Crippen molar-refractivity contribution in [2.75, 3.05) is 171 Å². The van der Waals surface area contributed by atoms with Crippen LogP contribution in [0.3, 0.4) is 0 Å². The van der Waals surface area contributed by atoms with Gasteiger partial charge in [0.25, 0.3) is 20.0 Å². The van der Waals surface area contributed by atoms with Gasteiger partial charge in [0.05, 0.1) is 63.3 Å². The van der Waals surface area contributed by atoms with E-state index in [-0.39, 0.29) is 101 Å². The van der Waals surface area contributed by atoms with Gasteiger partial charge in [0.15, 0.2) is 49.5 Å². The molecule has 7 aromatic carbocycles. The van der Waals surface area contributed by atoms with Crippen LogP contribution in [0.1, 0.15) is 140 Å². The van der Waals surface area contributed by atoms with Gasteiger partial charge in [0, 0.05) is 105 Å². The molecule has 31 nitrogen and oxygen atoms in total. The van der Waals surface area contributed by atoms with E-state index in [2.05, 4.69) is 205 Å². The number of amides is 1. The number of halogens is 12. The van der Waals surface area contributed by atoms with Gasteiger partial charge < -0.3 is 77.0 Å². The van der Waals surface area contributed by atoms with Crippen molar-refractivity contribution in [3.8, 4) is 0 Å². The molecule has 7 aromatic rings. The number of hydrogen-bond acceptors (Lipinski definition) is 25. The number of sulfonamides is 4. The number of carbonyl (C=O) groups is 2. The molecule has 50 heteroatoms. The topological polar surface area (TPSA) is 398 Å². The summed E-state index contributed by atoms with van der Waals surface area (Å²) >= 11 is 0. The van der Waals surface area contributed by atoms with Crippen molar-refractivity contribution in [1.29, 1.82) is 0 Å². The van der Waals surface area contributed by atoms with Crippen LogP contribution in [0.5, 0.6) is 0 Å². The molecule has 0 aromatic heterocycles. The maximum absolute atomic E-state index is 14.0. The number of rotatable bonds is 43. The first-order chi connectivity index (χ1) is 70.0. The van der Waals surface area contributed by atoms with E-state index in [1.54, 1.807) is 17.0 Å². The molecule has 3 N–H and O–H groups in total. The monoisotopic (exact) mass is 2260 g/mol. The van der Waals surface area contributed by atoms with Crippen molar-refractivity contribution >= 4 is 89.8 Å². The van der Waals surface area contributed by atoms with Crippen molar-refractivity contribution in [2.45, 2.75) is 205 Å². The van der Waals surface area contributed by atoms with Crippen LogP contribution in [0.25, 0.3) is 4.13 Å². The smallest absolute Gasteiger partial charge is 0.428 e. The first-order valence-electron chi connectivity index (χ1n) is 48.2. The van der Waals surface area contributed by atoms with Gasteiger partial charge in [0.1, 0.15) is 45.6 Å². The second kappa shape index (κ2) is 60.8. The maximum atomic E-state index is 14.0. The Kier molecular flexibility index (Phi) is 53.0. The number of unbranched alkanes of at least 4 members (excludes halogenated alkanes) is 2. The molecule has 838 valence electrons. The molecule has 0 bridgehead atoms. The van der Waals surface area contributed by atoms with E-state index in [4.69, 9.17) is 38.3 Å².